The summed E-state index contributed by atoms with van der Waals surface area (Å²) < 4.78 is 26.1. The fourth-order valence-electron chi connectivity index (χ4n) is 1.08. The van der Waals surface area contributed by atoms with Crippen molar-refractivity contribution in [2.75, 3.05) is 0 Å². The maximum atomic E-state index is 13.2. The smallest absolute Gasteiger partial charge is 0.142 e. The first-order valence-electron chi connectivity index (χ1n) is 3.84. The minimum absolute atomic E-state index is 0.111. The molecular formula is C9H7ClF2N2. The van der Waals surface area contributed by atoms with Crippen LogP contribution in [0.5, 0.6) is 0 Å². The van der Waals surface area contributed by atoms with Crippen LogP contribution in [0.2, 0.25) is 5.02 Å². The predicted octanol–water partition coefficient (Wildman–Crippen LogP) is 2.53. The van der Waals surface area contributed by atoms with E-state index in [4.69, 9.17) is 22.6 Å². The second-order valence-electron chi connectivity index (χ2n) is 2.73. The van der Waals surface area contributed by atoms with Crippen molar-refractivity contribution in [2.24, 2.45) is 5.73 Å². The highest BCUT2D eigenvalue weighted by molar-refractivity contribution is 6.31. The van der Waals surface area contributed by atoms with Gasteiger partial charge in [-0.15, -0.1) is 0 Å². The first-order valence-corrected chi connectivity index (χ1v) is 4.21. The zero-order valence-corrected chi connectivity index (χ0v) is 7.85. The zero-order valence-electron chi connectivity index (χ0n) is 7.10. The normalized spacial score (nSPS) is 12.2. The number of hydrogen-bond donors (Lipinski definition) is 1. The Balaban J connectivity index is 3.19. The van der Waals surface area contributed by atoms with Crippen molar-refractivity contribution in [3.8, 4) is 6.07 Å². The van der Waals surface area contributed by atoms with Gasteiger partial charge in [-0.1, -0.05) is 11.6 Å². The molecule has 0 fully saturated rings. The SMILES string of the molecule is N#CC[C@@H](N)c1c(F)ccc(F)c1Cl. The Kier molecular flexibility index (Phi) is 3.39. The maximum absolute atomic E-state index is 13.2. The fourth-order valence-corrected chi connectivity index (χ4v) is 1.38. The molecule has 0 aromatic heterocycles. The molecule has 5 heteroatoms. The van der Waals surface area contributed by atoms with E-state index in [0.717, 1.165) is 12.1 Å². The Morgan fingerprint density at radius 3 is 2.57 bits per heavy atom. The van der Waals surface area contributed by atoms with Crippen LogP contribution in [-0.2, 0) is 0 Å². The van der Waals surface area contributed by atoms with Crippen LogP contribution in [0.3, 0.4) is 0 Å². The summed E-state index contributed by atoms with van der Waals surface area (Å²) in [7, 11) is 0. The lowest BCUT2D eigenvalue weighted by Crippen LogP contribution is -2.12. The number of nitriles is 1. The van der Waals surface area contributed by atoms with Gasteiger partial charge < -0.3 is 5.73 Å². The molecule has 0 radical (unpaired) electrons. The Morgan fingerprint density at radius 1 is 1.43 bits per heavy atom. The highest BCUT2D eigenvalue weighted by Crippen LogP contribution is 2.28. The summed E-state index contributed by atoms with van der Waals surface area (Å²) in [6, 6.07) is 2.72. The molecule has 1 aromatic rings. The molecule has 2 N–H and O–H groups in total. The van der Waals surface area contributed by atoms with Crippen LogP contribution < -0.4 is 5.73 Å². The molecule has 0 amide bonds. The second kappa shape index (κ2) is 4.36. The Bertz CT molecular complexity index is 387. The zero-order chi connectivity index (χ0) is 10.7. The van der Waals surface area contributed by atoms with Gasteiger partial charge in [-0.05, 0) is 12.1 Å². The fraction of sp³-hybridized carbons (Fsp3) is 0.222. The van der Waals surface area contributed by atoms with Crippen LogP contribution in [0.25, 0.3) is 0 Å². The standard InChI is InChI=1S/C9H7ClF2N2/c10-9-6(12)2-1-5(11)8(9)7(14)3-4-13/h1-2,7H,3,14H2/t7-/m1/s1. The highest BCUT2D eigenvalue weighted by atomic mass is 35.5. The lowest BCUT2D eigenvalue weighted by Gasteiger charge is -2.11. The lowest BCUT2D eigenvalue weighted by atomic mass is 10.0. The van der Waals surface area contributed by atoms with Crippen LogP contribution >= 0.6 is 11.6 Å². The second-order valence-corrected chi connectivity index (χ2v) is 3.10. The summed E-state index contributed by atoms with van der Waals surface area (Å²) in [4.78, 5) is 0. The van der Waals surface area contributed by atoms with Gasteiger partial charge in [0.25, 0.3) is 0 Å². The first-order chi connectivity index (χ1) is 6.57. The molecule has 0 saturated heterocycles. The molecular weight excluding hydrogens is 210 g/mol. The first kappa shape index (κ1) is 10.9. The summed E-state index contributed by atoms with van der Waals surface area (Å²) in [5, 5.41) is 8.01. The number of nitrogens with zero attached hydrogens (tertiary/aromatic N) is 1. The lowest BCUT2D eigenvalue weighted by molar-refractivity contribution is 0.565. The molecule has 74 valence electrons. The van der Waals surface area contributed by atoms with E-state index in [1.54, 1.807) is 6.07 Å². The third kappa shape index (κ3) is 2.00. The molecule has 0 aliphatic carbocycles. The van der Waals surface area contributed by atoms with Gasteiger partial charge in [0.15, 0.2) is 0 Å². The molecule has 0 aliphatic rings. The molecule has 14 heavy (non-hydrogen) atoms. The van der Waals surface area contributed by atoms with Crippen LogP contribution in [0, 0.1) is 23.0 Å². The van der Waals surface area contributed by atoms with Crippen LogP contribution in [0.1, 0.15) is 18.0 Å². The van der Waals surface area contributed by atoms with E-state index in [9.17, 15) is 8.78 Å². The molecule has 0 bridgehead atoms. The molecule has 0 unspecified atom stereocenters. The third-order valence-corrected chi connectivity index (χ3v) is 2.15. The number of rotatable bonds is 2. The van der Waals surface area contributed by atoms with E-state index in [1.165, 1.54) is 0 Å². The Labute approximate surface area is 84.9 Å². The summed E-state index contributed by atoms with van der Waals surface area (Å²) in [5.41, 5.74) is 5.32. The number of hydrogen-bond acceptors (Lipinski definition) is 2. The van der Waals surface area contributed by atoms with Gasteiger partial charge in [-0.3, -0.25) is 0 Å². The summed E-state index contributed by atoms with van der Waals surface area (Å²) >= 11 is 5.52. The van der Waals surface area contributed by atoms with Gasteiger partial charge in [0, 0.05) is 11.6 Å². The average Bonchev–Trinajstić information content (AvgIpc) is 2.13. The maximum Gasteiger partial charge on any atom is 0.142 e. The van der Waals surface area contributed by atoms with Gasteiger partial charge in [0.05, 0.1) is 17.5 Å². The van der Waals surface area contributed by atoms with Gasteiger partial charge in [-0.2, -0.15) is 5.26 Å². The van der Waals surface area contributed by atoms with Crippen LogP contribution in [-0.4, -0.2) is 0 Å². The van der Waals surface area contributed by atoms with E-state index in [-0.39, 0.29) is 17.0 Å². The van der Waals surface area contributed by atoms with Gasteiger partial charge >= 0.3 is 0 Å². The minimum atomic E-state index is -0.900. The highest BCUT2D eigenvalue weighted by Gasteiger charge is 2.17. The summed E-state index contributed by atoms with van der Waals surface area (Å²) in [5.74, 6) is -1.43. The molecule has 1 aromatic carbocycles. The van der Waals surface area contributed by atoms with Gasteiger partial charge in [0.1, 0.15) is 11.6 Å². The van der Waals surface area contributed by atoms with Crippen molar-refractivity contribution in [3.63, 3.8) is 0 Å². The van der Waals surface area contributed by atoms with Crippen molar-refractivity contribution in [1.82, 2.24) is 0 Å². The average molecular weight is 217 g/mol. The quantitative estimate of drug-likeness (QED) is 0.773. The van der Waals surface area contributed by atoms with Crippen LogP contribution in [0.15, 0.2) is 12.1 Å². The van der Waals surface area contributed by atoms with Gasteiger partial charge in [0.2, 0.25) is 0 Å². The van der Waals surface area contributed by atoms with Gasteiger partial charge in [-0.25, -0.2) is 8.78 Å². The van der Waals surface area contributed by atoms with Crippen molar-refractivity contribution < 1.29 is 8.78 Å². The number of benzene rings is 1. The van der Waals surface area contributed by atoms with E-state index >= 15 is 0 Å². The summed E-state index contributed by atoms with van der Waals surface area (Å²) in [6.45, 7) is 0. The monoisotopic (exact) mass is 216 g/mol. The topological polar surface area (TPSA) is 49.8 Å². The van der Waals surface area contributed by atoms with E-state index in [1.807, 2.05) is 0 Å². The third-order valence-electron chi connectivity index (χ3n) is 1.76. The predicted molar refractivity (Wildman–Crippen MR) is 48.5 cm³/mol. The van der Waals surface area contributed by atoms with Crippen molar-refractivity contribution >= 4 is 11.6 Å². The van der Waals surface area contributed by atoms with Crippen molar-refractivity contribution in [3.05, 3.63) is 34.4 Å². The molecule has 0 spiro atoms. The van der Waals surface area contributed by atoms with E-state index < -0.39 is 17.7 Å². The number of halogens is 3. The molecule has 2 nitrogen and oxygen atoms in total. The largest absolute Gasteiger partial charge is 0.323 e. The molecule has 0 saturated carbocycles. The van der Waals surface area contributed by atoms with E-state index in [2.05, 4.69) is 0 Å². The Morgan fingerprint density at radius 2 is 2.00 bits per heavy atom. The number of nitrogens with two attached hydrogens (primary N) is 1. The molecule has 1 atom stereocenters. The van der Waals surface area contributed by atoms with Crippen molar-refractivity contribution in [1.29, 1.82) is 5.26 Å². The van der Waals surface area contributed by atoms with Crippen LogP contribution in [0.4, 0.5) is 8.78 Å². The minimum Gasteiger partial charge on any atom is -0.323 e. The Hall–Kier alpha value is -1.18. The van der Waals surface area contributed by atoms with Crippen molar-refractivity contribution in [2.45, 2.75) is 12.5 Å². The molecule has 1 rings (SSSR count). The van der Waals surface area contributed by atoms with E-state index in [0.29, 0.717) is 0 Å². The molecule has 0 aliphatic heterocycles. The summed E-state index contributed by atoms with van der Waals surface area (Å²) in [6.07, 6.45) is -0.111. The molecule has 0 heterocycles.